The molecule has 2 rings (SSSR count). The topological polar surface area (TPSA) is 49.4 Å². The van der Waals surface area contributed by atoms with Crippen molar-refractivity contribution < 1.29 is 8.42 Å². The zero-order chi connectivity index (χ0) is 14.8. The highest BCUT2D eigenvalue weighted by Gasteiger charge is 2.30. The van der Waals surface area contributed by atoms with Gasteiger partial charge in [0.1, 0.15) is 0 Å². The highest BCUT2D eigenvalue weighted by molar-refractivity contribution is 7.91. The highest BCUT2D eigenvalue weighted by atomic mass is 35.5. The SMILES string of the molecule is CCNCc1ccc(N(C)C2CCS(=O)(=O)C2)cc1Cl. The Morgan fingerprint density at radius 1 is 1.45 bits per heavy atom. The Balaban J connectivity index is 2.11. The summed E-state index contributed by atoms with van der Waals surface area (Å²) in [7, 11) is -0.932. The van der Waals surface area contributed by atoms with Gasteiger partial charge < -0.3 is 10.2 Å². The second kappa shape index (κ2) is 6.33. The van der Waals surface area contributed by atoms with Gasteiger partial charge in [-0.25, -0.2) is 8.42 Å². The minimum Gasteiger partial charge on any atom is -0.371 e. The molecule has 1 aliphatic heterocycles. The van der Waals surface area contributed by atoms with Crippen molar-refractivity contribution >= 4 is 27.1 Å². The lowest BCUT2D eigenvalue weighted by Gasteiger charge is -2.26. The van der Waals surface area contributed by atoms with Crippen LogP contribution in [0.3, 0.4) is 0 Å². The molecule has 1 unspecified atom stereocenters. The molecule has 20 heavy (non-hydrogen) atoms. The summed E-state index contributed by atoms with van der Waals surface area (Å²) in [5.74, 6) is 0.522. The van der Waals surface area contributed by atoms with Crippen LogP contribution in [0.4, 0.5) is 5.69 Å². The van der Waals surface area contributed by atoms with E-state index in [4.69, 9.17) is 11.6 Å². The molecule has 0 bridgehead atoms. The minimum absolute atomic E-state index is 0.0516. The average Bonchev–Trinajstić information content (AvgIpc) is 2.77. The first-order valence-corrected chi connectivity index (χ1v) is 9.05. The minimum atomic E-state index is -2.86. The first-order valence-electron chi connectivity index (χ1n) is 6.85. The van der Waals surface area contributed by atoms with Crippen LogP contribution in [0.25, 0.3) is 0 Å². The van der Waals surface area contributed by atoms with E-state index in [0.717, 1.165) is 29.4 Å². The molecular formula is C14H21ClN2O2S. The number of hydrogen-bond acceptors (Lipinski definition) is 4. The molecule has 1 aromatic rings. The first-order chi connectivity index (χ1) is 9.43. The van der Waals surface area contributed by atoms with E-state index in [-0.39, 0.29) is 17.5 Å². The predicted molar refractivity (Wildman–Crippen MR) is 84.3 cm³/mol. The molecule has 1 atom stereocenters. The van der Waals surface area contributed by atoms with Crippen molar-refractivity contribution in [3.63, 3.8) is 0 Å². The Hall–Kier alpha value is -0.780. The Labute approximate surface area is 126 Å². The van der Waals surface area contributed by atoms with Crippen LogP contribution in [0.1, 0.15) is 18.9 Å². The number of nitrogens with one attached hydrogen (secondary N) is 1. The maximum absolute atomic E-state index is 11.6. The van der Waals surface area contributed by atoms with Gasteiger partial charge in [0.15, 0.2) is 9.84 Å². The highest BCUT2D eigenvalue weighted by Crippen LogP contribution is 2.27. The van der Waals surface area contributed by atoms with E-state index in [1.54, 1.807) is 0 Å². The van der Waals surface area contributed by atoms with Gasteiger partial charge in [0.05, 0.1) is 11.5 Å². The van der Waals surface area contributed by atoms with Gasteiger partial charge in [-0.15, -0.1) is 0 Å². The Morgan fingerprint density at radius 2 is 2.20 bits per heavy atom. The zero-order valence-corrected chi connectivity index (χ0v) is 13.5. The van der Waals surface area contributed by atoms with Crippen molar-refractivity contribution in [2.24, 2.45) is 0 Å². The molecule has 0 aliphatic carbocycles. The second-order valence-electron chi connectivity index (χ2n) is 5.22. The predicted octanol–water partition coefficient (Wildman–Crippen LogP) is 2.07. The van der Waals surface area contributed by atoms with Gasteiger partial charge in [0, 0.05) is 30.3 Å². The molecule has 1 heterocycles. The van der Waals surface area contributed by atoms with Crippen molar-refractivity contribution in [1.82, 2.24) is 5.32 Å². The van der Waals surface area contributed by atoms with Crippen molar-refractivity contribution in [3.8, 4) is 0 Å². The molecule has 112 valence electrons. The van der Waals surface area contributed by atoms with Crippen molar-refractivity contribution in [2.45, 2.75) is 25.9 Å². The number of anilines is 1. The molecule has 4 nitrogen and oxygen atoms in total. The van der Waals surface area contributed by atoms with E-state index in [9.17, 15) is 8.42 Å². The van der Waals surface area contributed by atoms with Crippen LogP contribution in [0.15, 0.2) is 18.2 Å². The van der Waals surface area contributed by atoms with Gasteiger partial charge >= 0.3 is 0 Å². The van der Waals surface area contributed by atoms with Gasteiger partial charge in [-0.2, -0.15) is 0 Å². The van der Waals surface area contributed by atoms with Crippen LogP contribution in [0, 0.1) is 0 Å². The largest absolute Gasteiger partial charge is 0.371 e. The zero-order valence-electron chi connectivity index (χ0n) is 11.9. The molecule has 0 aromatic heterocycles. The molecule has 0 amide bonds. The van der Waals surface area contributed by atoms with E-state index in [0.29, 0.717) is 6.42 Å². The fraction of sp³-hybridized carbons (Fsp3) is 0.571. The molecule has 1 fully saturated rings. The normalized spacial score (nSPS) is 21.1. The van der Waals surface area contributed by atoms with E-state index in [2.05, 4.69) is 12.2 Å². The molecule has 1 aliphatic rings. The number of rotatable bonds is 5. The average molecular weight is 317 g/mol. The lowest BCUT2D eigenvalue weighted by atomic mass is 10.1. The summed E-state index contributed by atoms with van der Waals surface area (Å²) in [5, 5.41) is 3.96. The summed E-state index contributed by atoms with van der Waals surface area (Å²) >= 11 is 6.29. The maximum atomic E-state index is 11.6. The van der Waals surface area contributed by atoms with Gasteiger partial charge in [-0.1, -0.05) is 24.6 Å². The maximum Gasteiger partial charge on any atom is 0.152 e. The van der Waals surface area contributed by atoms with Crippen LogP contribution >= 0.6 is 11.6 Å². The molecule has 1 aromatic carbocycles. The van der Waals surface area contributed by atoms with Crippen LogP contribution in [-0.4, -0.2) is 39.6 Å². The molecule has 0 saturated carbocycles. The molecule has 1 N–H and O–H groups in total. The summed E-state index contributed by atoms with van der Waals surface area (Å²) in [5.41, 5.74) is 2.03. The molecular weight excluding hydrogens is 296 g/mol. The van der Waals surface area contributed by atoms with Crippen LogP contribution < -0.4 is 10.2 Å². The number of sulfone groups is 1. The van der Waals surface area contributed by atoms with Gasteiger partial charge in [-0.3, -0.25) is 0 Å². The Bertz CT molecular complexity index is 575. The van der Waals surface area contributed by atoms with E-state index < -0.39 is 9.84 Å². The Morgan fingerprint density at radius 3 is 2.75 bits per heavy atom. The summed E-state index contributed by atoms with van der Waals surface area (Å²) in [6.07, 6.45) is 0.690. The third-order valence-electron chi connectivity index (χ3n) is 3.77. The van der Waals surface area contributed by atoms with Crippen molar-refractivity contribution in [2.75, 3.05) is 30.0 Å². The second-order valence-corrected chi connectivity index (χ2v) is 7.86. The Kier molecular flexibility index (Phi) is 4.94. The fourth-order valence-corrected chi connectivity index (χ4v) is 4.47. The summed E-state index contributed by atoms with van der Waals surface area (Å²) in [4.78, 5) is 2.02. The molecule has 0 spiro atoms. The molecule has 6 heteroatoms. The van der Waals surface area contributed by atoms with Crippen molar-refractivity contribution in [3.05, 3.63) is 28.8 Å². The standard InChI is InChI=1S/C14H21ClN2O2S/c1-3-16-9-11-4-5-12(8-14(11)15)17(2)13-6-7-20(18,19)10-13/h4-5,8,13,16H,3,6-7,9-10H2,1-2H3. The van der Waals surface area contributed by atoms with Crippen LogP contribution in [-0.2, 0) is 16.4 Å². The third-order valence-corrected chi connectivity index (χ3v) is 5.87. The van der Waals surface area contributed by atoms with Crippen LogP contribution in [0.2, 0.25) is 5.02 Å². The lowest BCUT2D eigenvalue weighted by Crippen LogP contribution is -2.32. The van der Waals surface area contributed by atoms with E-state index in [1.165, 1.54) is 0 Å². The first kappa shape index (κ1) is 15.6. The number of hydrogen-bond donors (Lipinski definition) is 1. The summed E-state index contributed by atoms with van der Waals surface area (Å²) in [6, 6.07) is 5.97. The number of halogens is 1. The summed E-state index contributed by atoms with van der Waals surface area (Å²) in [6.45, 7) is 3.70. The monoisotopic (exact) mass is 316 g/mol. The van der Waals surface area contributed by atoms with Crippen LogP contribution in [0.5, 0.6) is 0 Å². The lowest BCUT2D eigenvalue weighted by molar-refractivity contribution is 0.601. The van der Waals surface area contributed by atoms with Gasteiger partial charge in [0.2, 0.25) is 0 Å². The van der Waals surface area contributed by atoms with Gasteiger partial charge in [0.25, 0.3) is 0 Å². The number of nitrogens with zero attached hydrogens (tertiary/aromatic N) is 1. The van der Waals surface area contributed by atoms with E-state index >= 15 is 0 Å². The van der Waals surface area contributed by atoms with E-state index in [1.807, 2.05) is 30.1 Å². The quantitative estimate of drug-likeness (QED) is 0.903. The smallest absolute Gasteiger partial charge is 0.152 e. The number of benzene rings is 1. The van der Waals surface area contributed by atoms with Gasteiger partial charge in [-0.05, 0) is 30.7 Å². The van der Waals surface area contributed by atoms with Crippen molar-refractivity contribution in [1.29, 1.82) is 0 Å². The fourth-order valence-electron chi connectivity index (χ4n) is 2.45. The third kappa shape index (κ3) is 3.65. The summed E-state index contributed by atoms with van der Waals surface area (Å²) < 4.78 is 23.1. The molecule has 0 radical (unpaired) electrons. The molecule has 1 saturated heterocycles.